The van der Waals surface area contributed by atoms with Gasteiger partial charge in [0.15, 0.2) is 8.32 Å². The van der Waals surface area contributed by atoms with Crippen molar-refractivity contribution in [3.8, 4) is 0 Å². The summed E-state index contributed by atoms with van der Waals surface area (Å²) in [7, 11) is -0.502. The van der Waals surface area contributed by atoms with Crippen molar-refractivity contribution in [3.05, 3.63) is 0 Å². The molecular formula is C21H41NO5Si. The Morgan fingerprint density at radius 1 is 1.04 bits per heavy atom. The molecule has 0 aromatic rings. The number of methoxy groups -OCH3 is 1. The van der Waals surface area contributed by atoms with Gasteiger partial charge in [-0.1, -0.05) is 41.5 Å². The minimum atomic E-state index is -1.81. The highest BCUT2D eigenvalue weighted by Gasteiger charge is 2.45. The molecule has 1 saturated carbocycles. The first-order valence-corrected chi connectivity index (χ1v) is 13.3. The Hall–Kier alpha value is -1.08. The maximum atomic E-state index is 12.4. The Morgan fingerprint density at radius 3 is 1.89 bits per heavy atom. The molecule has 164 valence electrons. The van der Waals surface area contributed by atoms with Crippen molar-refractivity contribution < 1.29 is 23.9 Å². The Labute approximate surface area is 171 Å². The topological polar surface area (TPSA) is 84.9 Å². The number of hydrogen-bond acceptors (Lipinski definition) is 4. The molecule has 0 bridgehead atoms. The van der Waals surface area contributed by atoms with Gasteiger partial charge < -0.3 is 19.6 Å². The van der Waals surface area contributed by atoms with Crippen LogP contribution in [0.2, 0.25) is 18.1 Å². The normalized spacial score (nSPS) is 23.6. The van der Waals surface area contributed by atoms with Crippen molar-refractivity contribution in [1.82, 2.24) is 5.32 Å². The van der Waals surface area contributed by atoms with Crippen LogP contribution in [0, 0.1) is 17.3 Å². The van der Waals surface area contributed by atoms with Crippen LogP contribution in [0.4, 0.5) is 4.79 Å². The van der Waals surface area contributed by atoms with Crippen LogP contribution in [-0.2, 0) is 14.0 Å². The summed E-state index contributed by atoms with van der Waals surface area (Å²) < 4.78 is 11.5. The number of carbonyl (C=O) groups excluding carboxylic acids is 1. The SMILES string of the molecule is COC(=O)C(NC(=O)O)[C@@H](C1CCC(O[Si](C)(C)C(C)(C)C)CC1)C(C)(C)C. The van der Waals surface area contributed by atoms with Crippen LogP contribution >= 0.6 is 0 Å². The van der Waals surface area contributed by atoms with Gasteiger partial charge in [0.2, 0.25) is 0 Å². The fourth-order valence-corrected chi connectivity index (χ4v) is 5.62. The van der Waals surface area contributed by atoms with Gasteiger partial charge >= 0.3 is 12.1 Å². The van der Waals surface area contributed by atoms with Crippen LogP contribution < -0.4 is 5.32 Å². The van der Waals surface area contributed by atoms with E-state index in [-0.39, 0.29) is 28.4 Å². The standard InChI is InChI=1S/C21H41NO5Si/c1-20(2,3)16(17(18(23)26-7)22-19(24)25)14-10-12-15(13-11-14)27-28(8,9)21(4,5)6/h14-17,22H,10-13H2,1-9H3,(H,24,25)/t14?,15?,16-,17?/m1/s1. The summed E-state index contributed by atoms with van der Waals surface area (Å²) in [5.74, 6) is -0.401. The molecule has 1 fully saturated rings. The van der Waals surface area contributed by atoms with E-state index in [1.165, 1.54) is 7.11 Å². The van der Waals surface area contributed by atoms with Crippen LogP contribution in [0.25, 0.3) is 0 Å². The minimum absolute atomic E-state index is 0.134. The lowest BCUT2D eigenvalue weighted by atomic mass is 9.65. The molecule has 1 amide bonds. The monoisotopic (exact) mass is 415 g/mol. The predicted octanol–water partition coefficient (Wildman–Crippen LogP) is 5.04. The van der Waals surface area contributed by atoms with Crippen molar-refractivity contribution >= 4 is 20.4 Å². The number of ether oxygens (including phenoxy) is 1. The third-order valence-electron chi connectivity index (χ3n) is 6.59. The van der Waals surface area contributed by atoms with Crippen molar-refractivity contribution in [3.63, 3.8) is 0 Å². The molecule has 1 unspecified atom stereocenters. The van der Waals surface area contributed by atoms with Gasteiger partial charge in [-0.2, -0.15) is 0 Å². The van der Waals surface area contributed by atoms with E-state index in [0.29, 0.717) is 0 Å². The second-order valence-electron chi connectivity index (χ2n) is 10.8. The van der Waals surface area contributed by atoms with Gasteiger partial charge in [0.05, 0.1) is 7.11 Å². The number of rotatable bonds is 6. The number of esters is 1. The van der Waals surface area contributed by atoms with Crippen LogP contribution in [-0.4, -0.2) is 44.7 Å². The average Bonchev–Trinajstić information content (AvgIpc) is 2.52. The number of hydrogen-bond donors (Lipinski definition) is 2. The van der Waals surface area contributed by atoms with Gasteiger partial charge in [-0.15, -0.1) is 0 Å². The Bertz CT molecular complexity index is 542. The molecule has 0 spiro atoms. The Kier molecular flexibility index (Phi) is 8.16. The van der Waals surface area contributed by atoms with E-state index < -0.39 is 26.4 Å². The summed E-state index contributed by atoms with van der Waals surface area (Å²) in [5.41, 5.74) is -0.237. The fourth-order valence-electron chi connectivity index (χ4n) is 4.19. The molecule has 0 aliphatic heterocycles. The lowest BCUT2D eigenvalue weighted by molar-refractivity contribution is -0.147. The summed E-state index contributed by atoms with van der Waals surface area (Å²) >= 11 is 0. The van der Waals surface area contributed by atoms with Crippen molar-refractivity contribution in [2.24, 2.45) is 17.3 Å². The zero-order valence-electron chi connectivity index (χ0n) is 19.2. The second-order valence-corrected chi connectivity index (χ2v) is 15.5. The number of amides is 1. The highest BCUT2D eigenvalue weighted by Crippen LogP contribution is 2.44. The number of carbonyl (C=O) groups is 2. The summed E-state index contributed by atoms with van der Waals surface area (Å²) in [6.07, 6.45) is 2.81. The second kappa shape index (κ2) is 9.16. The van der Waals surface area contributed by atoms with Crippen molar-refractivity contribution in [2.45, 2.75) is 97.5 Å². The highest BCUT2D eigenvalue weighted by atomic mass is 28.4. The summed E-state index contributed by atoms with van der Waals surface area (Å²) in [4.78, 5) is 23.7. The quantitative estimate of drug-likeness (QED) is 0.469. The van der Waals surface area contributed by atoms with E-state index in [9.17, 15) is 14.7 Å². The maximum absolute atomic E-state index is 12.4. The van der Waals surface area contributed by atoms with Crippen LogP contribution in [0.3, 0.4) is 0 Å². The zero-order valence-corrected chi connectivity index (χ0v) is 20.2. The molecule has 0 saturated heterocycles. The lowest BCUT2D eigenvalue weighted by Crippen LogP contribution is -2.53. The van der Waals surface area contributed by atoms with Crippen molar-refractivity contribution in [2.75, 3.05) is 7.11 Å². The van der Waals surface area contributed by atoms with E-state index in [1.807, 2.05) is 0 Å². The maximum Gasteiger partial charge on any atom is 0.405 e. The minimum Gasteiger partial charge on any atom is -0.467 e. The van der Waals surface area contributed by atoms with E-state index >= 15 is 0 Å². The first kappa shape index (κ1) is 25.0. The van der Waals surface area contributed by atoms with E-state index in [1.54, 1.807) is 0 Å². The zero-order chi connectivity index (χ0) is 21.9. The summed E-state index contributed by atoms with van der Waals surface area (Å²) in [5, 5.41) is 11.9. The largest absolute Gasteiger partial charge is 0.467 e. The van der Waals surface area contributed by atoms with Gasteiger partial charge in [0.25, 0.3) is 0 Å². The lowest BCUT2D eigenvalue weighted by Gasteiger charge is -2.45. The molecule has 0 heterocycles. The molecule has 6 nitrogen and oxygen atoms in total. The molecule has 28 heavy (non-hydrogen) atoms. The van der Waals surface area contributed by atoms with E-state index in [0.717, 1.165) is 25.7 Å². The van der Waals surface area contributed by atoms with Gasteiger partial charge in [-0.25, -0.2) is 9.59 Å². The van der Waals surface area contributed by atoms with Crippen LogP contribution in [0.15, 0.2) is 0 Å². The van der Waals surface area contributed by atoms with E-state index in [4.69, 9.17) is 9.16 Å². The third kappa shape index (κ3) is 6.48. The van der Waals surface area contributed by atoms with Gasteiger partial charge in [-0.3, -0.25) is 0 Å². The number of nitrogens with one attached hydrogen (secondary N) is 1. The average molecular weight is 416 g/mol. The van der Waals surface area contributed by atoms with Gasteiger partial charge in [-0.05, 0) is 61.1 Å². The molecule has 7 heteroatoms. The molecule has 0 aromatic heterocycles. The highest BCUT2D eigenvalue weighted by molar-refractivity contribution is 6.74. The first-order chi connectivity index (χ1) is 12.6. The Balaban J connectivity index is 2.94. The fraction of sp³-hybridized carbons (Fsp3) is 0.905. The van der Waals surface area contributed by atoms with Crippen LogP contribution in [0.1, 0.15) is 67.2 Å². The Morgan fingerprint density at radius 2 is 1.54 bits per heavy atom. The van der Waals surface area contributed by atoms with Crippen LogP contribution in [0.5, 0.6) is 0 Å². The molecule has 1 aliphatic rings. The predicted molar refractivity (Wildman–Crippen MR) is 114 cm³/mol. The smallest absolute Gasteiger partial charge is 0.405 e. The van der Waals surface area contributed by atoms with Crippen molar-refractivity contribution in [1.29, 1.82) is 0 Å². The molecular weight excluding hydrogens is 374 g/mol. The molecule has 0 radical (unpaired) electrons. The first-order valence-electron chi connectivity index (χ1n) is 10.3. The third-order valence-corrected chi connectivity index (χ3v) is 11.1. The molecule has 1 aliphatic carbocycles. The summed E-state index contributed by atoms with van der Waals surface area (Å²) in [6.45, 7) is 17.5. The molecule has 0 aromatic carbocycles. The molecule has 2 N–H and O–H groups in total. The van der Waals surface area contributed by atoms with Gasteiger partial charge in [0, 0.05) is 6.10 Å². The van der Waals surface area contributed by atoms with E-state index in [2.05, 4.69) is 60.0 Å². The number of carboxylic acid groups (broad SMARTS) is 1. The molecule has 1 rings (SSSR count). The summed E-state index contributed by atoms with van der Waals surface area (Å²) in [6, 6.07) is -0.856. The van der Waals surface area contributed by atoms with Gasteiger partial charge in [0.1, 0.15) is 6.04 Å². The molecule has 2 atom stereocenters.